The number of esters is 2. The highest BCUT2D eigenvalue weighted by Crippen LogP contribution is 2.33. The van der Waals surface area contributed by atoms with Crippen LogP contribution in [0.2, 0.25) is 5.02 Å². The van der Waals surface area contributed by atoms with E-state index in [4.69, 9.17) is 20.8 Å². The molecule has 2 aromatic carbocycles. The summed E-state index contributed by atoms with van der Waals surface area (Å²) in [5.41, 5.74) is 1.30. The largest absolute Gasteiger partial charge is 0.466 e. The summed E-state index contributed by atoms with van der Waals surface area (Å²) < 4.78 is 15.5. The lowest BCUT2D eigenvalue weighted by molar-refractivity contribution is -0.149. The van der Waals surface area contributed by atoms with E-state index >= 15 is 0 Å². The summed E-state index contributed by atoms with van der Waals surface area (Å²) >= 11 is 7.46. The van der Waals surface area contributed by atoms with Gasteiger partial charge in [0.25, 0.3) is 0 Å². The molecule has 3 rings (SSSR count). The summed E-state index contributed by atoms with van der Waals surface area (Å²) in [5.74, 6) is -0.740. The van der Waals surface area contributed by atoms with E-state index in [1.54, 1.807) is 17.8 Å². The molecular formula is C20H17ClO5S. The number of benzene rings is 2. The number of para-hydroxylation sites is 1. The van der Waals surface area contributed by atoms with Crippen LogP contribution in [-0.4, -0.2) is 25.2 Å². The van der Waals surface area contributed by atoms with Crippen LogP contribution in [0.25, 0.3) is 11.0 Å². The molecule has 7 heteroatoms. The number of furan rings is 1. The Bertz CT molecular complexity index is 964. The minimum Gasteiger partial charge on any atom is -0.466 e. The van der Waals surface area contributed by atoms with E-state index in [1.807, 2.05) is 42.5 Å². The number of hydrogen-bond donors (Lipinski definition) is 0. The number of ether oxygens (including phenoxy) is 2. The van der Waals surface area contributed by atoms with Crippen LogP contribution in [0, 0.1) is 0 Å². The fourth-order valence-electron chi connectivity index (χ4n) is 2.52. The molecule has 0 radical (unpaired) electrons. The highest BCUT2D eigenvalue weighted by Gasteiger charge is 2.26. The highest BCUT2D eigenvalue weighted by atomic mass is 35.5. The second-order valence-electron chi connectivity index (χ2n) is 5.72. The number of hydrogen-bond acceptors (Lipinski definition) is 6. The third-order valence-corrected chi connectivity index (χ3v) is 5.19. The van der Waals surface area contributed by atoms with Gasteiger partial charge in [-0.25, -0.2) is 9.59 Å². The quantitative estimate of drug-likeness (QED) is 0.420. The maximum absolute atomic E-state index is 12.6. The Labute approximate surface area is 165 Å². The number of methoxy groups -OCH3 is 1. The van der Waals surface area contributed by atoms with Crippen molar-refractivity contribution in [1.82, 2.24) is 0 Å². The lowest BCUT2D eigenvalue weighted by Crippen LogP contribution is -2.25. The van der Waals surface area contributed by atoms with Gasteiger partial charge in [-0.3, -0.25) is 0 Å². The number of thioether (sulfide) groups is 1. The van der Waals surface area contributed by atoms with Gasteiger partial charge >= 0.3 is 11.9 Å². The molecule has 1 heterocycles. The van der Waals surface area contributed by atoms with Crippen molar-refractivity contribution in [3.8, 4) is 0 Å². The molecule has 0 aliphatic rings. The summed E-state index contributed by atoms with van der Waals surface area (Å²) in [7, 11) is 1.24. The normalized spacial score (nSPS) is 12.0. The molecule has 5 nitrogen and oxygen atoms in total. The third-order valence-electron chi connectivity index (χ3n) is 3.90. The van der Waals surface area contributed by atoms with E-state index in [2.05, 4.69) is 4.74 Å². The van der Waals surface area contributed by atoms with Crippen molar-refractivity contribution >= 4 is 46.3 Å². The van der Waals surface area contributed by atoms with Crippen LogP contribution in [0.1, 0.15) is 23.0 Å². The number of carbonyl (C=O) groups excluding carboxylic acids is 2. The molecule has 0 fully saturated rings. The lowest BCUT2D eigenvalue weighted by atomic mass is 10.1. The van der Waals surface area contributed by atoms with Crippen molar-refractivity contribution in [3.63, 3.8) is 0 Å². The lowest BCUT2D eigenvalue weighted by Gasteiger charge is -2.10. The van der Waals surface area contributed by atoms with E-state index in [0.717, 1.165) is 10.3 Å². The van der Waals surface area contributed by atoms with Crippen LogP contribution in [0.4, 0.5) is 0 Å². The zero-order valence-electron chi connectivity index (χ0n) is 14.7. The number of fused-ring (bicyclic) bond motifs is 1. The van der Waals surface area contributed by atoms with Gasteiger partial charge in [-0.1, -0.05) is 29.8 Å². The van der Waals surface area contributed by atoms with Gasteiger partial charge in [-0.2, -0.15) is 0 Å². The summed E-state index contributed by atoms with van der Waals surface area (Å²) in [6.45, 7) is 1.45. The molecule has 0 unspecified atom stereocenters. The van der Waals surface area contributed by atoms with Gasteiger partial charge in [0.1, 0.15) is 5.58 Å². The zero-order chi connectivity index (χ0) is 19.4. The summed E-state index contributed by atoms with van der Waals surface area (Å²) in [5, 5.41) is 1.49. The summed E-state index contributed by atoms with van der Waals surface area (Å²) in [4.78, 5) is 25.1. The standard InChI is InChI=1S/C20H17ClO5S/c1-12(19(22)24-2)25-20(23)18-16(15-5-3-4-6-17(15)26-18)11-27-14-9-7-13(21)8-10-14/h3-10,12H,11H2,1-2H3/t12-/m0/s1. The van der Waals surface area contributed by atoms with Gasteiger partial charge in [0.15, 0.2) is 6.10 Å². The zero-order valence-corrected chi connectivity index (χ0v) is 16.3. The van der Waals surface area contributed by atoms with Gasteiger partial charge in [0.05, 0.1) is 7.11 Å². The highest BCUT2D eigenvalue weighted by molar-refractivity contribution is 7.98. The number of rotatable bonds is 6. The van der Waals surface area contributed by atoms with Crippen LogP contribution in [0.5, 0.6) is 0 Å². The van der Waals surface area contributed by atoms with Gasteiger partial charge in [0.2, 0.25) is 5.76 Å². The molecule has 0 aliphatic heterocycles. The van der Waals surface area contributed by atoms with Crippen LogP contribution in [0.3, 0.4) is 0 Å². The van der Waals surface area contributed by atoms with Crippen LogP contribution in [-0.2, 0) is 20.0 Å². The Balaban J connectivity index is 1.88. The molecule has 0 spiro atoms. The topological polar surface area (TPSA) is 65.7 Å². The Morgan fingerprint density at radius 2 is 1.85 bits per heavy atom. The van der Waals surface area contributed by atoms with E-state index in [1.165, 1.54) is 14.0 Å². The first-order chi connectivity index (χ1) is 13.0. The van der Waals surface area contributed by atoms with Crippen molar-refractivity contribution in [2.75, 3.05) is 7.11 Å². The second kappa shape index (κ2) is 8.50. The average Bonchev–Trinajstić information content (AvgIpc) is 3.05. The molecule has 1 atom stereocenters. The van der Waals surface area contributed by atoms with Gasteiger partial charge in [-0.05, 0) is 37.3 Å². The predicted octanol–water partition coefficient (Wildman–Crippen LogP) is 5.10. The third kappa shape index (κ3) is 4.46. The number of carbonyl (C=O) groups is 2. The van der Waals surface area contributed by atoms with Crippen LogP contribution in [0.15, 0.2) is 57.8 Å². The first-order valence-electron chi connectivity index (χ1n) is 8.17. The molecule has 27 heavy (non-hydrogen) atoms. The maximum atomic E-state index is 12.6. The van der Waals surface area contributed by atoms with Crippen molar-refractivity contribution < 1.29 is 23.5 Å². The summed E-state index contributed by atoms with van der Waals surface area (Å²) in [6.07, 6.45) is -1.02. The Morgan fingerprint density at radius 1 is 1.15 bits per heavy atom. The predicted molar refractivity (Wildman–Crippen MR) is 104 cm³/mol. The van der Waals surface area contributed by atoms with Crippen molar-refractivity contribution in [2.45, 2.75) is 23.7 Å². The minimum atomic E-state index is -1.02. The van der Waals surface area contributed by atoms with E-state index in [0.29, 0.717) is 21.9 Å². The average molecular weight is 405 g/mol. The van der Waals surface area contributed by atoms with Crippen molar-refractivity contribution in [3.05, 3.63) is 64.9 Å². The first kappa shape index (κ1) is 19.3. The summed E-state index contributed by atoms with van der Waals surface area (Å²) in [6, 6.07) is 14.8. The second-order valence-corrected chi connectivity index (χ2v) is 7.20. The van der Waals surface area contributed by atoms with Crippen molar-refractivity contribution in [2.24, 2.45) is 0 Å². The van der Waals surface area contributed by atoms with Crippen molar-refractivity contribution in [1.29, 1.82) is 0 Å². The SMILES string of the molecule is COC(=O)[C@H](C)OC(=O)c1oc2ccccc2c1CSc1ccc(Cl)cc1. The Kier molecular flexibility index (Phi) is 6.08. The molecule has 0 bridgehead atoms. The van der Waals surface area contributed by atoms with E-state index < -0.39 is 18.0 Å². The molecule has 0 aliphatic carbocycles. The molecule has 0 saturated heterocycles. The first-order valence-corrected chi connectivity index (χ1v) is 9.53. The van der Waals surface area contributed by atoms with E-state index in [9.17, 15) is 9.59 Å². The maximum Gasteiger partial charge on any atom is 0.375 e. The van der Waals surface area contributed by atoms with Crippen LogP contribution >= 0.6 is 23.4 Å². The van der Waals surface area contributed by atoms with Gasteiger partial charge in [0, 0.05) is 26.6 Å². The molecule has 0 amide bonds. The van der Waals surface area contributed by atoms with E-state index in [-0.39, 0.29) is 5.76 Å². The monoisotopic (exact) mass is 404 g/mol. The Hall–Kier alpha value is -2.44. The fourth-order valence-corrected chi connectivity index (χ4v) is 3.57. The molecule has 1 aromatic heterocycles. The molecular weight excluding hydrogens is 388 g/mol. The van der Waals surface area contributed by atoms with Crippen LogP contribution < -0.4 is 0 Å². The molecule has 3 aromatic rings. The molecule has 140 valence electrons. The molecule has 0 N–H and O–H groups in total. The smallest absolute Gasteiger partial charge is 0.375 e. The van der Waals surface area contributed by atoms with Gasteiger partial charge < -0.3 is 13.9 Å². The van der Waals surface area contributed by atoms with Gasteiger partial charge in [-0.15, -0.1) is 11.8 Å². The minimum absolute atomic E-state index is 0.0911. The fraction of sp³-hybridized carbons (Fsp3) is 0.200. The Morgan fingerprint density at radius 3 is 2.56 bits per heavy atom. The number of halogens is 1. The molecule has 0 saturated carbocycles.